The van der Waals surface area contributed by atoms with Crippen LogP contribution in [0.2, 0.25) is 5.02 Å². The molecule has 0 fully saturated rings. The molecule has 0 radical (unpaired) electrons. The van der Waals surface area contributed by atoms with Crippen molar-refractivity contribution >= 4 is 23.2 Å². The van der Waals surface area contributed by atoms with Crippen LogP contribution in [0.3, 0.4) is 0 Å². The number of carbonyl (C=O) groups excluding carboxylic acids is 1. The number of phenols is 1. The Kier molecular flexibility index (Phi) is 4.55. The van der Waals surface area contributed by atoms with E-state index >= 15 is 0 Å². The average molecular weight is 355 g/mol. The van der Waals surface area contributed by atoms with Crippen molar-refractivity contribution in [2.24, 2.45) is 0 Å². The number of rotatable bonds is 3. The van der Waals surface area contributed by atoms with Crippen molar-refractivity contribution in [3.63, 3.8) is 0 Å². The van der Waals surface area contributed by atoms with E-state index in [-0.39, 0.29) is 11.7 Å². The van der Waals surface area contributed by atoms with Gasteiger partial charge in [0.1, 0.15) is 5.75 Å². The molecular weight excluding hydrogens is 336 g/mol. The van der Waals surface area contributed by atoms with Crippen LogP contribution in [0.1, 0.15) is 21.7 Å². The second kappa shape index (κ2) is 6.65. The second-order valence-corrected chi connectivity index (χ2v) is 6.40. The minimum absolute atomic E-state index is 0.156. The summed E-state index contributed by atoms with van der Waals surface area (Å²) in [4.78, 5) is 14.4. The molecule has 2 aromatic carbocycles. The number of carbonyl (C=O) groups is 1. The highest BCUT2D eigenvalue weighted by Crippen LogP contribution is 2.26. The molecular formula is C20H19ClN2O2. The van der Waals surface area contributed by atoms with Crippen molar-refractivity contribution in [2.75, 3.05) is 11.9 Å². The van der Waals surface area contributed by atoms with Crippen LogP contribution < -0.4 is 4.90 Å². The fourth-order valence-electron chi connectivity index (χ4n) is 2.87. The first-order valence-corrected chi connectivity index (χ1v) is 8.28. The van der Waals surface area contributed by atoms with Crippen LogP contribution in [0.5, 0.6) is 5.75 Å². The molecule has 0 saturated carbocycles. The molecule has 5 heteroatoms. The molecule has 1 N–H and O–H groups in total. The maximum absolute atomic E-state index is 12.9. The van der Waals surface area contributed by atoms with Gasteiger partial charge in [0.15, 0.2) is 0 Å². The summed E-state index contributed by atoms with van der Waals surface area (Å²) in [6, 6.07) is 16.0. The third-order valence-corrected chi connectivity index (χ3v) is 4.58. The molecule has 1 heterocycles. The number of benzene rings is 2. The number of phenolic OH excluding ortho intramolecular Hbond substituents is 1. The standard InChI is InChI=1S/C20H19ClN2O2/c1-13-4-5-14(2)23(13)16-8-11-19(21)18(12-16)20(25)22(3)15-6-9-17(24)10-7-15/h4-12,24H,1-3H3. The Morgan fingerprint density at radius 1 is 1.00 bits per heavy atom. The second-order valence-electron chi connectivity index (χ2n) is 6.00. The minimum atomic E-state index is -0.208. The summed E-state index contributed by atoms with van der Waals surface area (Å²) < 4.78 is 2.08. The van der Waals surface area contributed by atoms with Gasteiger partial charge in [-0.2, -0.15) is 0 Å². The molecule has 1 amide bonds. The number of hydrogen-bond donors (Lipinski definition) is 1. The number of anilines is 1. The summed E-state index contributed by atoms with van der Waals surface area (Å²) in [5.74, 6) is -0.0526. The van der Waals surface area contributed by atoms with Crippen LogP contribution >= 0.6 is 11.6 Å². The van der Waals surface area contributed by atoms with Gasteiger partial charge in [0.2, 0.25) is 0 Å². The van der Waals surface area contributed by atoms with Crippen LogP contribution in [0.25, 0.3) is 5.69 Å². The number of aromatic nitrogens is 1. The molecule has 1 aromatic heterocycles. The summed E-state index contributed by atoms with van der Waals surface area (Å²) in [6.45, 7) is 4.04. The molecule has 0 atom stereocenters. The van der Waals surface area contributed by atoms with Gasteiger partial charge in [0, 0.05) is 29.8 Å². The Morgan fingerprint density at radius 2 is 1.60 bits per heavy atom. The molecule has 0 aliphatic rings. The highest BCUT2D eigenvalue weighted by molar-refractivity contribution is 6.34. The Balaban J connectivity index is 2.00. The largest absolute Gasteiger partial charge is 0.508 e. The van der Waals surface area contributed by atoms with Crippen molar-refractivity contribution in [1.82, 2.24) is 4.57 Å². The predicted molar refractivity (Wildman–Crippen MR) is 101 cm³/mol. The number of amides is 1. The Labute approximate surface area is 151 Å². The van der Waals surface area contributed by atoms with Crippen molar-refractivity contribution < 1.29 is 9.90 Å². The molecule has 3 rings (SSSR count). The maximum Gasteiger partial charge on any atom is 0.259 e. The fourth-order valence-corrected chi connectivity index (χ4v) is 3.06. The summed E-state index contributed by atoms with van der Waals surface area (Å²) in [5, 5.41) is 9.81. The zero-order valence-corrected chi connectivity index (χ0v) is 15.1. The van der Waals surface area contributed by atoms with E-state index in [9.17, 15) is 9.90 Å². The van der Waals surface area contributed by atoms with Gasteiger partial charge in [-0.3, -0.25) is 4.79 Å². The summed E-state index contributed by atoms with van der Waals surface area (Å²) in [5.41, 5.74) is 4.18. The van der Waals surface area contributed by atoms with E-state index in [1.807, 2.05) is 38.1 Å². The Hall–Kier alpha value is -2.72. The van der Waals surface area contributed by atoms with Gasteiger partial charge in [-0.05, 0) is 68.4 Å². The van der Waals surface area contributed by atoms with Crippen LogP contribution in [0.15, 0.2) is 54.6 Å². The normalized spacial score (nSPS) is 10.7. The van der Waals surface area contributed by atoms with Crippen molar-refractivity contribution in [3.05, 3.63) is 76.6 Å². The molecule has 0 aliphatic heterocycles. The molecule has 0 aliphatic carbocycles. The number of aryl methyl sites for hydroxylation is 2. The van der Waals surface area contributed by atoms with Gasteiger partial charge in [0.05, 0.1) is 10.6 Å². The van der Waals surface area contributed by atoms with Crippen molar-refractivity contribution in [2.45, 2.75) is 13.8 Å². The third-order valence-electron chi connectivity index (χ3n) is 4.25. The van der Waals surface area contributed by atoms with Crippen LogP contribution in [0, 0.1) is 13.8 Å². The van der Waals surface area contributed by atoms with Gasteiger partial charge < -0.3 is 14.6 Å². The zero-order chi connectivity index (χ0) is 18.1. The molecule has 3 aromatic rings. The summed E-state index contributed by atoms with van der Waals surface area (Å²) in [7, 11) is 1.68. The molecule has 25 heavy (non-hydrogen) atoms. The molecule has 0 unspecified atom stereocenters. The maximum atomic E-state index is 12.9. The van der Waals surface area contributed by atoms with Gasteiger partial charge in [0.25, 0.3) is 5.91 Å². The van der Waals surface area contributed by atoms with Crippen molar-refractivity contribution in [3.8, 4) is 11.4 Å². The number of hydrogen-bond acceptors (Lipinski definition) is 2. The van der Waals surface area contributed by atoms with E-state index in [2.05, 4.69) is 4.57 Å². The van der Waals surface area contributed by atoms with Gasteiger partial charge in [-0.25, -0.2) is 0 Å². The molecule has 0 bridgehead atoms. The summed E-state index contributed by atoms with van der Waals surface area (Å²) in [6.07, 6.45) is 0. The minimum Gasteiger partial charge on any atom is -0.508 e. The lowest BCUT2D eigenvalue weighted by Gasteiger charge is -2.19. The van der Waals surface area contributed by atoms with E-state index in [4.69, 9.17) is 11.6 Å². The first kappa shape index (κ1) is 17.1. The van der Waals surface area contributed by atoms with E-state index in [1.54, 1.807) is 37.4 Å². The van der Waals surface area contributed by atoms with Gasteiger partial charge >= 0.3 is 0 Å². The topological polar surface area (TPSA) is 45.5 Å². The van der Waals surface area contributed by atoms with E-state index in [0.29, 0.717) is 16.3 Å². The third kappa shape index (κ3) is 3.26. The van der Waals surface area contributed by atoms with Crippen LogP contribution in [0.4, 0.5) is 5.69 Å². The van der Waals surface area contributed by atoms with Gasteiger partial charge in [-0.15, -0.1) is 0 Å². The van der Waals surface area contributed by atoms with E-state index in [1.165, 1.54) is 4.90 Å². The molecule has 0 spiro atoms. The molecule has 0 saturated heterocycles. The quantitative estimate of drug-likeness (QED) is 0.739. The number of nitrogens with zero attached hydrogens (tertiary/aromatic N) is 2. The van der Waals surface area contributed by atoms with E-state index < -0.39 is 0 Å². The summed E-state index contributed by atoms with van der Waals surface area (Å²) >= 11 is 6.29. The lowest BCUT2D eigenvalue weighted by atomic mass is 10.1. The lowest BCUT2D eigenvalue weighted by molar-refractivity contribution is 0.0993. The SMILES string of the molecule is Cc1ccc(C)n1-c1ccc(Cl)c(C(=O)N(C)c2ccc(O)cc2)c1. The Bertz CT molecular complexity index is 910. The zero-order valence-electron chi connectivity index (χ0n) is 14.3. The lowest BCUT2D eigenvalue weighted by Crippen LogP contribution is -2.26. The van der Waals surface area contributed by atoms with Gasteiger partial charge in [-0.1, -0.05) is 11.6 Å². The average Bonchev–Trinajstić information content (AvgIpc) is 2.93. The van der Waals surface area contributed by atoms with E-state index in [0.717, 1.165) is 17.1 Å². The molecule has 4 nitrogen and oxygen atoms in total. The van der Waals surface area contributed by atoms with Crippen LogP contribution in [-0.2, 0) is 0 Å². The predicted octanol–water partition coefficient (Wildman–Crippen LogP) is 4.73. The Morgan fingerprint density at radius 3 is 2.20 bits per heavy atom. The highest BCUT2D eigenvalue weighted by atomic mass is 35.5. The first-order chi connectivity index (χ1) is 11.9. The van der Waals surface area contributed by atoms with Crippen LogP contribution in [-0.4, -0.2) is 22.6 Å². The number of aromatic hydroxyl groups is 1. The first-order valence-electron chi connectivity index (χ1n) is 7.90. The smallest absolute Gasteiger partial charge is 0.259 e. The molecule has 128 valence electrons. The monoisotopic (exact) mass is 354 g/mol. The number of halogens is 1. The van der Waals surface area contributed by atoms with Crippen molar-refractivity contribution in [1.29, 1.82) is 0 Å². The fraction of sp³-hybridized carbons (Fsp3) is 0.150. The highest BCUT2D eigenvalue weighted by Gasteiger charge is 2.18.